The van der Waals surface area contributed by atoms with E-state index in [0.717, 1.165) is 29.4 Å². The first kappa shape index (κ1) is 12.6. The molecule has 0 aliphatic heterocycles. The van der Waals surface area contributed by atoms with Crippen LogP contribution in [0.25, 0.3) is 10.8 Å². The van der Waals surface area contributed by atoms with E-state index in [-0.39, 0.29) is 0 Å². The van der Waals surface area contributed by atoms with Gasteiger partial charge in [-0.1, -0.05) is 24.3 Å². The third kappa shape index (κ3) is 2.87. The molecule has 3 heteroatoms. The van der Waals surface area contributed by atoms with Gasteiger partial charge in [-0.2, -0.15) is 0 Å². The molecule has 0 fully saturated rings. The van der Waals surface area contributed by atoms with Crippen molar-refractivity contribution in [3.8, 4) is 5.88 Å². The zero-order chi connectivity index (χ0) is 12.8. The summed E-state index contributed by atoms with van der Waals surface area (Å²) < 4.78 is 5.74. The van der Waals surface area contributed by atoms with Crippen molar-refractivity contribution in [2.45, 2.75) is 13.0 Å². The smallest absolute Gasteiger partial charge is 0.221 e. The highest BCUT2D eigenvalue weighted by molar-refractivity contribution is 5.87. The lowest BCUT2D eigenvalue weighted by molar-refractivity contribution is 0.315. The van der Waals surface area contributed by atoms with Crippen LogP contribution in [0.1, 0.15) is 12.1 Å². The Morgan fingerprint density at radius 1 is 1.39 bits per heavy atom. The topological polar surface area (TPSA) is 34.1 Å². The van der Waals surface area contributed by atoms with E-state index in [2.05, 4.69) is 29.0 Å². The molecule has 0 aliphatic carbocycles. The Morgan fingerprint density at radius 3 is 3.00 bits per heavy atom. The van der Waals surface area contributed by atoms with Gasteiger partial charge < -0.3 is 10.1 Å². The van der Waals surface area contributed by atoms with E-state index >= 15 is 0 Å². The Kier molecular flexibility index (Phi) is 4.31. The first-order valence-corrected chi connectivity index (χ1v) is 6.12. The molecule has 0 saturated carbocycles. The minimum atomic E-state index is 0.615. The molecule has 18 heavy (non-hydrogen) atoms. The summed E-state index contributed by atoms with van der Waals surface area (Å²) in [6.07, 6.45) is 2.67. The molecule has 1 aromatic heterocycles. The maximum absolute atomic E-state index is 5.74. The van der Waals surface area contributed by atoms with Crippen LogP contribution in [0.2, 0.25) is 0 Å². The quantitative estimate of drug-likeness (QED) is 0.624. The van der Waals surface area contributed by atoms with Crippen LogP contribution in [0.4, 0.5) is 0 Å². The number of aromatic nitrogens is 1. The van der Waals surface area contributed by atoms with E-state index in [0.29, 0.717) is 12.5 Å². The Balaban J connectivity index is 2.36. The van der Waals surface area contributed by atoms with Crippen molar-refractivity contribution in [3.05, 3.63) is 48.7 Å². The molecular weight excluding hydrogens is 224 g/mol. The van der Waals surface area contributed by atoms with Gasteiger partial charge >= 0.3 is 0 Å². The molecule has 0 atom stereocenters. The van der Waals surface area contributed by atoms with Crippen LogP contribution in [0.5, 0.6) is 5.88 Å². The van der Waals surface area contributed by atoms with E-state index in [1.54, 1.807) is 0 Å². The minimum absolute atomic E-state index is 0.615. The molecule has 0 radical (unpaired) electrons. The fraction of sp³-hybridized carbons (Fsp3) is 0.267. The predicted octanol–water partition coefficient (Wildman–Crippen LogP) is 2.91. The van der Waals surface area contributed by atoms with Gasteiger partial charge in [0.25, 0.3) is 0 Å². The fourth-order valence-corrected chi connectivity index (χ4v) is 1.84. The van der Waals surface area contributed by atoms with Crippen LogP contribution >= 0.6 is 0 Å². The number of fused-ring (bicyclic) bond motifs is 1. The van der Waals surface area contributed by atoms with Gasteiger partial charge in [-0.3, -0.25) is 0 Å². The third-order valence-corrected chi connectivity index (χ3v) is 2.68. The van der Waals surface area contributed by atoms with Gasteiger partial charge in [0, 0.05) is 11.9 Å². The molecule has 1 N–H and O–H groups in total. The molecule has 1 heterocycles. The van der Waals surface area contributed by atoms with Crippen molar-refractivity contribution in [2.24, 2.45) is 0 Å². The number of pyridine rings is 1. The molecule has 0 saturated heterocycles. The highest BCUT2D eigenvalue weighted by atomic mass is 16.5. The summed E-state index contributed by atoms with van der Waals surface area (Å²) in [4.78, 5) is 4.54. The average Bonchev–Trinajstić information content (AvgIpc) is 2.39. The molecule has 94 valence electrons. The fourth-order valence-electron chi connectivity index (χ4n) is 1.84. The molecule has 0 unspecified atom stereocenters. The number of hydrogen-bond acceptors (Lipinski definition) is 3. The number of ether oxygens (including phenoxy) is 1. The standard InChI is InChI=1S/C15H18N2O/c1-3-4-9-18-15-14-8-6-5-7-12(14)10-13(17-15)11-16-2/h3,5-8,10,16H,1,4,9,11H2,2H3. The summed E-state index contributed by atoms with van der Waals surface area (Å²) in [5.41, 5.74) is 0.991. The van der Waals surface area contributed by atoms with Crippen LogP contribution in [-0.4, -0.2) is 18.6 Å². The highest BCUT2D eigenvalue weighted by Crippen LogP contribution is 2.24. The van der Waals surface area contributed by atoms with E-state index in [4.69, 9.17) is 4.74 Å². The molecule has 0 bridgehead atoms. The van der Waals surface area contributed by atoms with Gasteiger partial charge in [0.1, 0.15) is 0 Å². The van der Waals surface area contributed by atoms with Crippen LogP contribution < -0.4 is 10.1 Å². The molecule has 1 aromatic carbocycles. The monoisotopic (exact) mass is 242 g/mol. The average molecular weight is 242 g/mol. The van der Waals surface area contributed by atoms with E-state index in [1.165, 1.54) is 0 Å². The second-order valence-corrected chi connectivity index (χ2v) is 4.10. The van der Waals surface area contributed by atoms with Crippen LogP contribution in [0.3, 0.4) is 0 Å². The lowest BCUT2D eigenvalue weighted by Crippen LogP contribution is -2.08. The van der Waals surface area contributed by atoms with Crippen LogP contribution in [0.15, 0.2) is 43.0 Å². The lowest BCUT2D eigenvalue weighted by atomic mass is 10.1. The summed E-state index contributed by atoms with van der Waals surface area (Å²) in [5, 5.41) is 5.32. The van der Waals surface area contributed by atoms with Crippen molar-refractivity contribution in [2.75, 3.05) is 13.7 Å². The van der Waals surface area contributed by atoms with Crippen LogP contribution in [-0.2, 0) is 6.54 Å². The van der Waals surface area contributed by atoms with E-state index < -0.39 is 0 Å². The second-order valence-electron chi connectivity index (χ2n) is 4.10. The van der Waals surface area contributed by atoms with Crippen molar-refractivity contribution in [3.63, 3.8) is 0 Å². The van der Waals surface area contributed by atoms with Gasteiger partial charge in [0.15, 0.2) is 0 Å². The first-order chi connectivity index (χ1) is 8.85. The molecule has 2 aromatic rings. The molecule has 3 nitrogen and oxygen atoms in total. The summed E-state index contributed by atoms with van der Waals surface area (Å²) in [7, 11) is 1.91. The summed E-state index contributed by atoms with van der Waals surface area (Å²) in [5.74, 6) is 0.709. The van der Waals surface area contributed by atoms with Crippen molar-refractivity contribution in [1.82, 2.24) is 10.3 Å². The summed E-state index contributed by atoms with van der Waals surface area (Å²) in [6, 6.07) is 10.2. The number of nitrogens with zero attached hydrogens (tertiary/aromatic N) is 1. The van der Waals surface area contributed by atoms with Crippen molar-refractivity contribution < 1.29 is 4.74 Å². The minimum Gasteiger partial charge on any atom is -0.477 e. The number of benzene rings is 1. The lowest BCUT2D eigenvalue weighted by Gasteiger charge is -2.10. The van der Waals surface area contributed by atoms with Gasteiger partial charge in [-0.15, -0.1) is 6.58 Å². The number of rotatable bonds is 6. The van der Waals surface area contributed by atoms with Gasteiger partial charge in [-0.25, -0.2) is 4.98 Å². The Bertz CT molecular complexity index is 537. The highest BCUT2D eigenvalue weighted by Gasteiger charge is 2.06. The second kappa shape index (κ2) is 6.17. The first-order valence-electron chi connectivity index (χ1n) is 6.12. The Morgan fingerprint density at radius 2 is 2.22 bits per heavy atom. The van der Waals surface area contributed by atoms with Gasteiger partial charge in [0.2, 0.25) is 5.88 Å². The van der Waals surface area contributed by atoms with Gasteiger partial charge in [0.05, 0.1) is 12.3 Å². The molecule has 2 rings (SSSR count). The zero-order valence-electron chi connectivity index (χ0n) is 10.6. The molecule has 0 aliphatic rings. The largest absolute Gasteiger partial charge is 0.477 e. The van der Waals surface area contributed by atoms with E-state index in [1.807, 2.05) is 31.3 Å². The maximum Gasteiger partial charge on any atom is 0.221 e. The van der Waals surface area contributed by atoms with Crippen molar-refractivity contribution in [1.29, 1.82) is 0 Å². The SMILES string of the molecule is C=CCCOc1nc(CNC)cc2ccccc12. The normalized spacial score (nSPS) is 10.5. The summed E-state index contributed by atoms with van der Waals surface area (Å²) >= 11 is 0. The molecule has 0 amide bonds. The third-order valence-electron chi connectivity index (χ3n) is 2.68. The Hall–Kier alpha value is -1.87. The maximum atomic E-state index is 5.74. The number of nitrogens with one attached hydrogen (secondary N) is 1. The summed E-state index contributed by atoms with van der Waals surface area (Å²) in [6.45, 7) is 5.04. The van der Waals surface area contributed by atoms with Gasteiger partial charge in [-0.05, 0) is 31.0 Å². The van der Waals surface area contributed by atoms with Crippen LogP contribution in [0, 0.1) is 0 Å². The molecule has 0 spiro atoms. The zero-order valence-corrected chi connectivity index (χ0v) is 10.6. The number of hydrogen-bond donors (Lipinski definition) is 1. The predicted molar refractivity (Wildman–Crippen MR) is 74.8 cm³/mol. The Labute approximate surface area is 107 Å². The van der Waals surface area contributed by atoms with E-state index in [9.17, 15) is 0 Å². The van der Waals surface area contributed by atoms with Crippen molar-refractivity contribution >= 4 is 10.8 Å². The molecular formula is C15H18N2O.